The molecule has 0 saturated carbocycles. The van der Waals surface area contributed by atoms with Gasteiger partial charge in [0.2, 0.25) is 5.95 Å². The first-order valence-corrected chi connectivity index (χ1v) is 16.8. The van der Waals surface area contributed by atoms with Crippen LogP contribution in [0.2, 0.25) is 10.0 Å². The smallest absolute Gasteiger partial charge is 0.263 e. The van der Waals surface area contributed by atoms with Crippen LogP contribution in [0.5, 0.6) is 0 Å². The highest BCUT2D eigenvalue weighted by Crippen LogP contribution is 2.35. The van der Waals surface area contributed by atoms with Crippen molar-refractivity contribution in [1.29, 1.82) is 0 Å². The molecule has 7 rings (SSSR count). The summed E-state index contributed by atoms with van der Waals surface area (Å²) in [5.41, 5.74) is 0.799. The number of sulfonamides is 1. The largest absolute Gasteiger partial charge is 0.390 e. The van der Waals surface area contributed by atoms with Crippen molar-refractivity contribution in [1.82, 2.24) is 29.5 Å². The van der Waals surface area contributed by atoms with Gasteiger partial charge in [0.15, 0.2) is 11.6 Å². The highest BCUT2D eigenvalue weighted by molar-refractivity contribution is 7.92. The number of piperidine rings is 1. The lowest BCUT2D eigenvalue weighted by Gasteiger charge is -2.37. The summed E-state index contributed by atoms with van der Waals surface area (Å²) in [7, 11) is -4.42. The lowest BCUT2D eigenvalue weighted by Crippen LogP contribution is -2.42. The second kappa shape index (κ2) is 12.1. The average molecular weight is 713 g/mol. The highest BCUT2D eigenvalue weighted by Gasteiger charge is 2.29. The van der Waals surface area contributed by atoms with Crippen LogP contribution in [-0.2, 0) is 10.0 Å². The van der Waals surface area contributed by atoms with E-state index in [-0.39, 0.29) is 37.7 Å². The normalized spacial score (nSPS) is 14.8. The van der Waals surface area contributed by atoms with E-state index in [2.05, 4.69) is 39.9 Å². The second-order valence-electron chi connectivity index (χ2n) is 11.4. The van der Waals surface area contributed by atoms with Crippen LogP contribution in [0.3, 0.4) is 0 Å². The maximum atomic E-state index is 15.8. The second-order valence-corrected chi connectivity index (χ2v) is 13.9. The maximum absolute atomic E-state index is 15.8. The van der Waals surface area contributed by atoms with Crippen LogP contribution < -0.4 is 14.9 Å². The first-order chi connectivity index (χ1) is 22.9. The molecule has 0 aliphatic carbocycles. The Bertz CT molecular complexity index is 2330. The van der Waals surface area contributed by atoms with Crippen molar-refractivity contribution >= 4 is 78.2 Å². The van der Waals surface area contributed by atoms with Crippen molar-refractivity contribution in [3.8, 4) is 5.95 Å². The molecule has 1 saturated heterocycles. The van der Waals surface area contributed by atoms with E-state index >= 15 is 8.78 Å². The summed E-state index contributed by atoms with van der Waals surface area (Å²) in [5, 5.41) is 12.7. The molecular weight excluding hydrogens is 687 g/mol. The third kappa shape index (κ3) is 5.83. The fraction of sp³-hybridized carbons (Fsp3) is 0.194. The van der Waals surface area contributed by atoms with Gasteiger partial charge in [-0.25, -0.2) is 42.1 Å². The molecule has 246 valence electrons. The van der Waals surface area contributed by atoms with E-state index in [9.17, 15) is 13.5 Å². The number of imidazole rings is 1. The number of benzene rings is 3. The van der Waals surface area contributed by atoms with Crippen LogP contribution in [0.25, 0.3) is 28.0 Å². The van der Waals surface area contributed by atoms with E-state index in [1.165, 1.54) is 30.7 Å². The Balaban J connectivity index is 1.23. The average Bonchev–Trinajstić information content (AvgIpc) is 3.50. The first kappa shape index (κ1) is 31.9. The number of para-hydroxylation sites is 1. The van der Waals surface area contributed by atoms with E-state index in [1.54, 1.807) is 10.9 Å². The molecule has 1 aliphatic heterocycles. The molecular formula is C31H25Cl2F2N9O3S. The summed E-state index contributed by atoms with van der Waals surface area (Å²) < 4.78 is 60.7. The lowest BCUT2D eigenvalue weighted by atomic mass is 9.93. The molecule has 3 aromatic carbocycles. The van der Waals surface area contributed by atoms with E-state index in [1.807, 2.05) is 25.1 Å². The summed E-state index contributed by atoms with van der Waals surface area (Å²) in [4.78, 5) is 23.8. The quantitative estimate of drug-likeness (QED) is 0.174. The number of hydrogen-bond acceptors (Lipinski definition) is 10. The number of aromatic nitrogens is 6. The standard InChI is InChI=1S/C31H25Cl2F2N9O3S/c1-31(45)10-12-43(13-11-31)21-5-3-6-22-28(21)39-16-44(22)30-36-14-20-27(41-30)29(38-15-37-20)40-26-18(34)8-9-19(25(26)35)42-48(46,47)23-7-2-4-17(32)24(23)33/h2-9,14-16,42,45H,10-13H2,1H3,(H,37,38,40). The molecule has 0 spiro atoms. The van der Waals surface area contributed by atoms with Gasteiger partial charge in [-0.05, 0) is 56.2 Å². The number of halogens is 4. The van der Waals surface area contributed by atoms with Gasteiger partial charge in [-0.2, -0.15) is 0 Å². The summed E-state index contributed by atoms with van der Waals surface area (Å²) in [6.45, 7) is 3.17. The first-order valence-electron chi connectivity index (χ1n) is 14.6. The Morgan fingerprint density at radius 3 is 2.52 bits per heavy atom. The van der Waals surface area contributed by atoms with E-state index in [0.717, 1.165) is 17.8 Å². The molecule has 17 heteroatoms. The third-order valence-corrected chi connectivity index (χ3v) is 10.4. The third-order valence-electron chi connectivity index (χ3n) is 8.10. The number of hydrogen-bond donors (Lipinski definition) is 3. The Kier molecular flexibility index (Phi) is 8.02. The molecule has 1 fully saturated rings. The summed E-state index contributed by atoms with van der Waals surface area (Å²) >= 11 is 12.0. The predicted octanol–water partition coefficient (Wildman–Crippen LogP) is 6.24. The van der Waals surface area contributed by atoms with E-state index in [0.29, 0.717) is 37.0 Å². The van der Waals surface area contributed by atoms with Crippen molar-refractivity contribution in [2.45, 2.75) is 30.3 Å². The molecule has 0 unspecified atom stereocenters. The minimum atomic E-state index is -4.42. The van der Waals surface area contributed by atoms with Gasteiger partial charge >= 0.3 is 0 Å². The molecule has 0 radical (unpaired) electrons. The number of rotatable bonds is 7. The van der Waals surface area contributed by atoms with Crippen molar-refractivity contribution in [2.75, 3.05) is 28.0 Å². The van der Waals surface area contributed by atoms with E-state index in [4.69, 9.17) is 23.2 Å². The topological polar surface area (TPSA) is 151 Å². The number of nitrogens with one attached hydrogen (secondary N) is 2. The Hall–Kier alpha value is -4.70. The van der Waals surface area contributed by atoms with Gasteiger partial charge in [0, 0.05) is 13.1 Å². The molecule has 3 aromatic heterocycles. The Morgan fingerprint density at radius 2 is 1.73 bits per heavy atom. The van der Waals surface area contributed by atoms with Crippen molar-refractivity contribution in [2.24, 2.45) is 0 Å². The summed E-state index contributed by atoms with van der Waals surface area (Å²) in [5.74, 6) is -2.14. The maximum Gasteiger partial charge on any atom is 0.263 e. The fourth-order valence-electron chi connectivity index (χ4n) is 5.48. The molecule has 4 heterocycles. The van der Waals surface area contributed by atoms with E-state index < -0.39 is 38.6 Å². The monoisotopic (exact) mass is 711 g/mol. The van der Waals surface area contributed by atoms with Crippen LogP contribution in [-0.4, -0.2) is 61.7 Å². The molecule has 6 aromatic rings. The highest BCUT2D eigenvalue weighted by atomic mass is 35.5. The molecule has 0 bridgehead atoms. The number of aliphatic hydroxyl groups is 1. The van der Waals surface area contributed by atoms with Crippen LogP contribution in [0.1, 0.15) is 19.8 Å². The van der Waals surface area contributed by atoms with Crippen LogP contribution in [0, 0.1) is 11.6 Å². The number of anilines is 4. The van der Waals surface area contributed by atoms with Crippen molar-refractivity contribution in [3.05, 3.63) is 89.1 Å². The van der Waals surface area contributed by atoms with Gasteiger partial charge in [-0.3, -0.25) is 9.29 Å². The SMILES string of the molecule is CC1(O)CCN(c2cccc3c2ncn3-c2ncc3ncnc(Nc4c(F)ccc(NS(=O)(=O)c5cccc(Cl)c5Cl)c4F)c3n2)CC1. The Morgan fingerprint density at radius 1 is 0.958 bits per heavy atom. The molecule has 48 heavy (non-hydrogen) atoms. The van der Waals surface area contributed by atoms with Gasteiger partial charge in [-0.15, -0.1) is 0 Å². The zero-order valence-electron chi connectivity index (χ0n) is 25.0. The number of fused-ring (bicyclic) bond motifs is 2. The minimum Gasteiger partial charge on any atom is -0.390 e. The zero-order valence-corrected chi connectivity index (χ0v) is 27.3. The lowest BCUT2D eigenvalue weighted by molar-refractivity contribution is 0.0352. The van der Waals surface area contributed by atoms with Gasteiger partial charge < -0.3 is 15.3 Å². The van der Waals surface area contributed by atoms with Crippen LogP contribution in [0.15, 0.2) is 72.3 Å². The predicted molar refractivity (Wildman–Crippen MR) is 179 cm³/mol. The molecule has 12 nitrogen and oxygen atoms in total. The minimum absolute atomic E-state index is 0.0141. The number of nitrogens with zero attached hydrogens (tertiary/aromatic N) is 7. The van der Waals surface area contributed by atoms with Crippen molar-refractivity contribution in [3.63, 3.8) is 0 Å². The van der Waals surface area contributed by atoms with Crippen molar-refractivity contribution < 1.29 is 22.3 Å². The van der Waals surface area contributed by atoms with Gasteiger partial charge in [0.25, 0.3) is 10.0 Å². The van der Waals surface area contributed by atoms with Gasteiger partial charge in [0.1, 0.15) is 45.6 Å². The fourth-order valence-corrected chi connectivity index (χ4v) is 7.30. The van der Waals surface area contributed by atoms with Gasteiger partial charge in [-0.1, -0.05) is 35.3 Å². The zero-order chi connectivity index (χ0) is 33.8. The molecule has 0 atom stereocenters. The molecule has 3 N–H and O–H groups in total. The Labute approximate surface area is 282 Å². The van der Waals surface area contributed by atoms with Crippen LogP contribution in [0.4, 0.5) is 31.7 Å². The van der Waals surface area contributed by atoms with Crippen LogP contribution >= 0.6 is 23.2 Å². The summed E-state index contributed by atoms with van der Waals surface area (Å²) in [6.07, 6.45) is 5.44. The molecule has 1 aliphatic rings. The summed E-state index contributed by atoms with van der Waals surface area (Å²) in [6, 6.07) is 11.5. The molecule has 0 amide bonds. The van der Waals surface area contributed by atoms with Gasteiger partial charge in [0.05, 0.1) is 38.7 Å².